The SMILES string of the molecule is CCOC(=O)C1CC2(CO)C3CCC=C3C1C(=O)C21CO1. The van der Waals surface area contributed by atoms with Crippen molar-refractivity contribution in [1.29, 1.82) is 0 Å². The number of hydrogen-bond acceptors (Lipinski definition) is 5. The third-order valence-corrected chi connectivity index (χ3v) is 6.04. The lowest BCUT2D eigenvalue weighted by molar-refractivity contribution is -0.173. The second kappa shape index (κ2) is 4.17. The molecule has 0 aromatic carbocycles. The fourth-order valence-corrected chi connectivity index (χ4v) is 5.10. The van der Waals surface area contributed by atoms with Gasteiger partial charge in [-0.25, -0.2) is 0 Å². The first kappa shape index (κ1) is 13.5. The molecule has 0 amide bonds. The first-order valence-electron chi connectivity index (χ1n) is 7.77. The van der Waals surface area contributed by atoms with Crippen molar-refractivity contribution < 1.29 is 24.2 Å². The van der Waals surface area contributed by atoms with Gasteiger partial charge in [0.1, 0.15) is 0 Å². The van der Waals surface area contributed by atoms with Crippen molar-refractivity contribution in [1.82, 2.24) is 0 Å². The maximum atomic E-state index is 12.9. The molecule has 5 unspecified atom stereocenters. The van der Waals surface area contributed by atoms with E-state index in [-0.39, 0.29) is 24.3 Å². The lowest BCUT2D eigenvalue weighted by atomic mass is 9.45. The van der Waals surface area contributed by atoms with Crippen LogP contribution in [-0.2, 0) is 19.1 Å². The minimum Gasteiger partial charge on any atom is -0.466 e. The lowest BCUT2D eigenvalue weighted by Crippen LogP contribution is -2.66. The van der Waals surface area contributed by atoms with Crippen LogP contribution in [0, 0.1) is 23.2 Å². The molecule has 0 aromatic heterocycles. The van der Waals surface area contributed by atoms with Gasteiger partial charge in [-0.05, 0) is 32.1 Å². The van der Waals surface area contributed by atoms with Gasteiger partial charge in [0, 0.05) is 5.41 Å². The Morgan fingerprint density at radius 1 is 1.57 bits per heavy atom. The summed E-state index contributed by atoms with van der Waals surface area (Å²) in [6.07, 6.45) is 4.45. The standard InChI is InChI=1S/C16H20O5/c1-2-20-14(19)10-6-15(7-17)11-5-3-4-9(11)12(10)13(18)16(15)8-21-16/h4,10-12,17H,2-3,5-8H2,1H3. The molecule has 4 fully saturated rings. The topological polar surface area (TPSA) is 76.1 Å². The molecule has 21 heavy (non-hydrogen) atoms. The number of epoxide rings is 1. The zero-order valence-corrected chi connectivity index (χ0v) is 12.1. The number of Topliss-reactive ketones (excluding diaryl/α,β-unsaturated/α-hetero) is 1. The fourth-order valence-electron chi connectivity index (χ4n) is 5.10. The highest BCUT2D eigenvalue weighted by atomic mass is 16.6. The van der Waals surface area contributed by atoms with Gasteiger partial charge in [0.25, 0.3) is 0 Å². The number of hydrogen-bond donors (Lipinski definition) is 1. The average Bonchev–Trinajstić information content (AvgIpc) is 3.12. The van der Waals surface area contributed by atoms with E-state index in [1.54, 1.807) is 6.92 Å². The Hall–Kier alpha value is -1.20. The van der Waals surface area contributed by atoms with Gasteiger partial charge < -0.3 is 14.6 Å². The van der Waals surface area contributed by atoms with Crippen LogP contribution in [0.4, 0.5) is 0 Å². The van der Waals surface area contributed by atoms with Crippen LogP contribution in [0.25, 0.3) is 0 Å². The molecule has 5 rings (SSSR count). The summed E-state index contributed by atoms with van der Waals surface area (Å²) >= 11 is 0. The van der Waals surface area contributed by atoms with Crippen LogP contribution < -0.4 is 0 Å². The summed E-state index contributed by atoms with van der Waals surface area (Å²) in [4.78, 5) is 25.2. The molecule has 114 valence electrons. The Balaban J connectivity index is 1.81. The largest absolute Gasteiger partial charge is 0.466 e. The van der Waals surface area contributed by atoms with E-state index in [1.807, 2.05) is 0 Å². The number of allylic oxidation sites excluding steroid dienone is 2. The Bertz CT molecular complexity index is 547. The van der Waals surface area contributed by atoms with E-state index >= 15 is 0 Å². The number of aliphatic hydroxyl groups is 1. The number of rotatable bonds is 3. The Morgan fingerprint density at radius 2 is 2.33 bits per heavy atom. The number of ketones is 1. The first-order chi connectivity index (χ1) is 10.1. The molecule has 1 heterocycles. The summed E-state index contributed by atoms with van der Waals surface area (Å²) < 4.78 is 10.8. The van der Waals surface area contributed by atoms with Crippen LogP contribution in [0.2, 0.25) is 0 Å². The third kappa shape index (κ3) is 1.39. The van der Waals surface area contributed by atoms with E-state index in [2.05, 4.69) is 6.08 Å². The molecule has 5 aliphatic rings. The minimum atomic E-state index is -0.832. The summed E-state index contributed by atoms with van der Waals surface area (Å²) in [6, 6.07) is 0. The highest BCUT2D eigenvalue weighted by Crippen LogP contribution is 2.68. The fraction of sp³-hybridized carbons (Fsp3) is 0.750. The van der Waals surface area contributed by atoms with Crippen LogP contribution in [0.3, 0.4) is 0 Å². The quantitative estimate of drug-likeness (QED) is 0.474. The molecule has 3 saturated carbocycles. The van der Waals surface area contributed by atoms with E-state index in [9.17, 15) is 14.7 Å². The molecule has 0 aromatic rings. The van der Waals surface area contributed by atoms with Gasteiger partial charge in [-0.2, -0.15) is 0 Å². The van der Waals surface area contributed by atoms with Gasteiger partial charge in [0.15, 0.2) is 11.4 Å². The van der Waals surface area contributed by atoms with E-state index in [0.29, 0.717) is 19.6 Å². The van der Waals surface area contributed by atoms with Crippen molar-refractivity contribution in [2.24, 2.45) is 23.2 Å². The van der Waals surface area contributed by atoms with E-state index < -0.39 is 22.9 Å². The van der Waals surface area contributed by atoms with Crippen molar-refractivity contribution in [3.8, 4) is 0 Å². The van der Waals surface area contributed by atoms with E-state index in [1.165, 1.54) is 0 Å². The molecule has 5 atom stereocenters. The number of carbonyl (C=O) groups excluding carboxylic acids is 2. The Kier molecular flexibility index (Phi) is 2.67. The maximum Gasteiger partial charge on any atom is 0.310 e. The van der Waals surface area contributed by atoms with Crippen LogP contribution >= 0.6 is 0 Å². The van der Waals surface area contributed by atoms with Crippen LogP contribution in [0.5, 0.6) is 0 Å². The molecular formula is C16H20O5. The van der Waals surface area contributed by atoms with Gasteiger partial charge in [0.2, 0.25) is 0 Å². The summed E-state index contributed by atoms with van der Waals surface area (Å²) in [5.41, 5.74) is -0.403. The molecule has 1 aliphatic heterocycles. The Morgan fingerprint density at radius 3 is 2.95 bits per heavy atom. The molecule has 0 radical (unpaired) electrons. The van der Waals surface area contributed by atoms with Gasteiger partial charge >= 0.3 is 5.97 Å². The average molecular weight is 292 g/mol. The van der Waals surface area contributed by atoms with Crippen molar-refractivity contribution >= 4 is 11.8 Å². The zero-order valence-electron chi connectivity index (χ0n) is 12.1. The molecule has 4 aliphatic carbocycles. The molecule has 2 bridgehead atoms. The smallest absolute Gasteiger partial charge is 0.310 e. The van der Waals surface area contributed by atoms with Crippen LogP contribution in [0.15, 0.2) is 11.6 Å². The van der Waals surface area contributed by atoms with Crippen molar-refractivity contribution in [3.05, 3.63) is 11.6 Å². The molecular weight excluding hydrogens is 272 g/mol. The zero-order chi connectivity index (χ0) is 14.8. The van der Waals surface area contributed by atoms with Gasteiger partial charge in [0.05, 0.1) is 31.7 Å². The second-order valence-corrected chi connectivity index (χ2v) is 6.67. The van der Waals surface area contributed by atoms with Crippen molar-refractivity contribution in [2.45, 2.75) is 31.8 Å². The van der Waals surface area contributed by atoms with Gasteiger partial charge in [-0.1, -0.05) is 11.6 Å². The third-order valence-electron chi connectivity index (χ3n) is 6.04. The first-order valence-corrected chi connectivity index (χ1v) is 7.77. The molecule has 1 N–H and O–H groups in total. The summed E-state index contributed by atoms with van der Waals surface area (Å²) in [6.45, 7) is 2.36. The lowest BCUT2D eigenvalue weighted by Gasteiger charge is -2.56. The predicted octanol–water partition coefficient (Wildman–Crippen LogP) is 0.852. The number of ether oxygens (including phenoxy) is 2. The number of esters is 1. The van der Waals surface area contributed by atoms with E-state index in [0.717, 1.165) is 18.4 Å². The van der Waals surface area contributed by atoms with Gasteiger partial charge in [-0.15, -0.1) is 0 Å². The number of fused-ring (bicyclic) bond motifs is 1. The summed E-state index contributed by atoms with van der Waals surface area (Å²) in [7, 11) is 0. The van der Waals surface area contributed by atoms with Crippen molar-refractivity contribution in [3.63, 3.8) is 0 Å². The van der Waals surface area contributed by atoms with Crippen molar-refractivity contribution in [2.75, 3.05) is 19.8 Å². The molecule has 5 heteroatoms. The number of carbonyl (C=O) groups is 2. The van der Waals surface area contributed by atoms with Gasteiger partial charge in [-0.3, -0.25) is 9.59 Å². The highest BCUT2D eigenvalue weighted by molar-refractivity contribution is 6.01. The monoisotopic (exact) mass is 292 g/mol. The normalized spacial score (nSPS) is 46.5. The number of aliphatic hydroxyl groups excluding tert-OH is 1. The summed E-state index contributed by atoms with van der Waals surface area (Å²) in [5.74, 6) is -0.994. The van der Waals surface area contributed by atoms with Crippen LogP contribution in [0.1, 0.15) is 26.2 Å². The molecule has 5 nitrogen and oxygen atoms in total. The second-order valence-electron chi connectivity index (χ2n) is 6.67. The van der Waals surface area contributed by atoms with E-state index in [4.69, 9.17) is 9.47 Å². The van der Waals surface area contributed by atoms with Crippen LogP contribution in [-0.4, -0.2) is 42.3 Å². The maximum absolute atomic E-state index is 12.9. The highest BCUT2D eigenvalue weighted by Gasteiger charge is 2.78. The molecule has 1 spiro atoms. The minimum absolute atomic E-state index is 0.00902. The molecule has 1 saturated heterocycles. The summed E-state index contributed by atoms with van der Waals surface area (Å²) in [5, 5.41) is 10.1. The Labute approximate surface area is 123 Å². The predicted molar refractivity (Wildman–Crippen MR) is 72.2 cm³/mol.